The van der Waals surface area contributed by atoms with Gasteiger partial charge in [0.05, 0.1) is 0 Å². The Balaban J connectivity index is 1.50. The van der Waals surface area contributed by atoms with E-state index in [1.807, 2.05) is 0 Å². The summed E-state index contributed by atoms with van der Waals surface area (Å²) in [5, 5.41) is 6.49. The summed E-state index contributed by atoms with van der Waals surface area (Å²) in [4.78, 5) is 11.0. The smallest absolute Gasteiger partial charge is 0.220 e. The minimum absolute atomic E-state index is 0.220. The molecule has 3 heteroatoms. The summed E-state index contributed by atoms with van der Waals surface area (Å²) in [6, 6.07) is 0.383. The second-order valence-corrected chi connectivity index (χ2v) is 5.92. The molecule has 1 heterocycles. The Bertz CT molecular complexity index is 247. The molecule has 1 aliphatic heterocycles. The topological polar surface area (TPSA) is 41.1 Å². The van der Waals surface area contributed by atoms with Gasteiger partial charge in [0.15, 0.2) is 0 Å². The number of nitrogens with one attached hydrogen (secondary N) is 2. The Labute approximate surface area is 105 Å². The molecule has 1 saturated carbocycles. The maximum Gasteiger partial charge on any atom is 0.220 e. The van der Waals surface area contributed by atoms with Crippen LogP contribution in [0.4, 0.5) is 0 Å². The fraction of sp³-hybridized carbons (Fsp3) is 0.929. The minimum Gasteiger partial charge on any atom is -0.352 e. The first-order valence-electron chi connectivity index (χ1n) is 7.24. The third-order valence-corrected chi connectivity index (χ3v) is 4.34. The lowest BCUT2D eigenvalue weighted by atomic mass is 9.81. The summed E-state index contributed by atoms with van der Waals surface area (Å²) in [7, 11) is 0. The highest BCUT2D eigenvalue weighted by atomic mass is 16.1. The molecule has 1 amide bonds. The van der Waals surface area contributed by atoms with E-state index >= 15 is 0 Å². The van der Waals surface area contributed by atoms with E-state index < -0.39 is 0 Å². The van der Waals surface area contributed by atoms with E-state index in [4.69, 9.17) is 0 Å². The molecule has 0 bridgehead atoms. The lowest BCUT2D eigenvalue weighted by Gasteiger charge is -2.26. The first kappa shape index (κ1) is 12.9. The first-order valence-corrected chi connectivity index (χ1v) is 7.24. The Hall–Kier alpha value is -0.570. The fourth-order valence-corrected chi connectivity index (χ4v) is 3.03. The number of amides is 1. The minimum atomic E-state index is 0.220. The maximum absolute atomic E-state index is 11.0. The molecule has 3 nitrogen and oxygen atoms in total. The molecule has 0 aromatic heterocycles. The lowest BCUT2D eigenvalue weighted by Crippen LogP contribution is -2.36. The van der Waals surface area contributed by atoms with E-state index in [1.54, 1.807) is 0 Å². The van der Waals surface area contributed by atoms with Crippen LogP contribution in [0.3, 0.4) is 0 Å². The SMILES string of the molecule is CC1CCC(CCNCC2CCC(=O)N2)CC1. The van der Waals surface area contributed by atoms with Gasteiger partial charge in [-0.25, -0.2) is 0 Å². The van der Waals surface area contributed by atoms with Gasteiger partial charge in [0.25, 0.3) is 0 Å². The fourth-order valence-electron chi connectivity index (χ4n) is 3.03. The monoisotopic (exact) mass is 238 g/mol. The molecule has 0 radical (unpaired) electrons. The number of carbonyl (C=O) groups is 1. The molecule has 98 valence electrons. The molecule has 2 N–H and O–H groups in total. The van der Waals surface area contributed by atoms with Crippen LogP contribution < -0.4 is 10.6 Å². The number of rotatable bonds is 5. The predicted molar refractivity (Wildman–Crippen MR) is 69.8 cm³/mol. The van der Waals surface area contributed by atoms with E-state index in [2.05, 4.69) is 17.6 Å². The van der Waals surface area contributed by atoms with Gasteiger partial charge in [-0.2, -0.15) is 0 Å². The summed E-state index contributed by atoms with van der Waals surface area (Å²) in [6.07, 6.45) is 8.71. The molecular formula is C14H26N2O. The molecule has 1 aliphatic carbocycles. The highest BCUT2D eigenvalue weighted by Crippen LogP contribution is 2.29. The van der Waals surface area contributed by atoms with Gasteiger partial charge in [0.1, 0.15) is 0 Å². The zero-order valence-corrected chi connectivity index (χ0v) is 11.0. The molecule has 2 rings (SSSR count). The van der Waals surface area contributed by atoms with Crippen molar-refractivity contribution < 1.29 is 4.79 Å². The summed E-state index contributed by atoms with van der Waals surface area (Å²) in [6.45, 7) is 4.44. The largest absolute Gasteiger partial charge is 0.352 e. The van der Waals surface area contributed by atoms with E-state index in [0.717, 1.165) is 31.3 Å². The van der Waals surface area contributed by atoms with Crippen molar-refractivity contribution in [3.05, 3.63) is 0 Å². The van der Waals surface area contributed by atoms with Crippen LogP contribution in [0.5, 0.6) is 0 Å². The molecule has 2 aliphatic rings. The van der Waals surface area contributed by atoms with Gasteiger partial charge in [0, 0.05) is 19.0 Å². The van der Waals surface area contributed by atoms with Gasteiger partial charge in [-0.1, -0.05) is 32.6 Å². The van der Waals surface area contributed by atoms with Gasteiger partial charge < -0.3 is 10.6 Å². The molecule has 1 atom stereocenters. The van der Waals surface area contributed by atoms with Gasteiger partial charge in [-0.15, -0.1) is 0 Å². The first-order chi connectivity index (χ1) is 8.24. The standard InChI is InChI=1S/C14H26N2O/c1-11-2-4-12(5-3-11)8-9-15-10-13-6-7-14(17)16-13/h11-13,15H,2-10H2,1H3,(H,16,17). The van der Waals surface area contributed by atoms with Crippen LogP contribution in [-0.2, 0) is 4.79 Å². The zero-order valence-electron chi connectivity index (χ0n) is 11.0. The van der Waals surface area contributed by atoms with Crippen molar-refractivity contribution in [2.24, 2.45) is 11.8 Å². The van der Waals surface area contributed by atoms with Crippen LogP contribution in [0.25, 0.3) is 0 Å². The van der Waals surface area contributed by atoms with E-state index in [0.29, 0.717) is 12.5 Å². The Morgan fingerprint density at radius 3 is 2.65 bits per heavy atom. The van der Waals surface area contributed by atoms with Crippen molar-refractivity contribution >= 4 is 5.91 Å². The highest BCUT2D eigenvalue weighted by molar-refractivity contribution is 5.78. The number of carbonyl (C=O) groups excluding carboxylic acids is 1. The molecule has 0 aromatic carbocycles. The van der Waals surface area contributed by atoms with Crippen LogP contribution >= 0.6 is 0 Å². The molecule has 17 heavy (non-hydrogen) atoms. The van der Waals surface area contributed by atoms with Crippen LogP contribution in [0.1, 0.15) is 51.9 Å². The van der Waals surface area contributed by atoms with Gasteiger partial charge in [-0.05, 0) is 31.2 Å². The second kappa shape index (κ2) is 6.39. The van der Waals surface area contributed by atoms with Gasteiger partial charge >= 0.3 is 0 Å². The highest BCUT2D eigenvalue weighted by Gasteiger charge is 2.20. The molecular weight excluding hydrogens is 212 g/mol. The van der Waals surface area contributed by atoms with Gasteiger partial charge in [0.2, 0.25) is 5.91 Å². The molecule has 1 saturated heterocycles. The third-order valence-electron chi connectivity index (χ3n) is 4.34. The van der Waals surface area contributed by atoms with Crippen molar-refractivity contribution in [3.63, 3.8) is 0 Å². The third kappa shape index (κ3) is 4.30. The molecule has 1 unspecified atom stereocenters. The number of hydrogen-bond acceptors (Lipinski definition) is 2. The van der Waals surface area contributed by atoms with E-state index in [9.17, 15) is 4.79 Å². The predicted octanol–water partition coefficient (Wildman–Crippen LogP) is 2.07. The summed E-state index contributed by atoms with van der Waals surface area (Å²) in [5.74, 6) is 2.11. The number of hydrogen-bond donors (Lipinski definition) is 2. The maximum atomic E-state index is 11.0. The molecule has 2 fully saturated rings. The van der Waals surface area contributed by atoms with Crippen molar-refractivity contribution in [3.8, 4) is 0 Å². The van der Waals surface area contributed by atoms with Crippen LogP contribution in [-0.4, -0.2) is 25.0 Å². The Morgan fingerprint density at radius 1 is 1.24 bits per heavy atom. The van der Waals surface area contributed by atoms with Gasteiger partial charge in [-0.3, -0.25) is 4.79 Å². The zero-order chi connectivity index (χ0) is 12.1. The Morgan fingerprint density at radius 2 is 2.00 bits per heavy atom. The second-order valence-electron chi connectivity index (χ2n) is 5.92. The van der Waals surface area contributed by atoms with E-state index in [1.165, 1.54) is 32.1 Å². The van der Waals surface area contributed by atoms with Crippen molar-refractivity contribution in [1.29, 1.82) is 0 Å². The summed E-state index contributed by atoms with van der Waals surface area (Å²) < 4.78 is 0. The normalized spacial score (nSPS) is 33.7. The average molecular weight is 238 g/mol. The average Bonchev–Trinajstić information content (AvgIpc) is 2.73. The molecule has 0 aromatic rings. The van der Waals surface area contributed by atoms with Crippen molar-refractivity contribution in [1.82, 2.24) is 10.6 Å². The Kier molecular flexibility index (Phi) is 4.84. The quantitative estimate of drug-likeness (QED) is 0.720. The van der Waals surface area contributed by atoms with Crippen molar-refractivity contribution in [2.75, 3.05) is 13.1 Å². The summed E-state index contributed by atoms with van der Waals surface area (Å²) >= 11 is 0. The molecule has 0 spiro atoms. The lowest BCUT2D eigenvalue weighted by molar-refractivity contribution is -0.119. The van der Waals surface area contributed by atoms with Crippen LogP contribution in [0.15, 0.2) is 0 Å². The van der Waals surface area contributed by atoms with Crippen LogP contribution in [0, 0.1) is 11.8 Å². The summed E-state index contributed by atoms with van der Waals surface area (Å²) in [5.41, 5.74) is 0. The van der Waals surface area contributed by atoms with Crippen LogP contribution in [0.2, 0.25) is 0 Å². The van der Waals surface area contributed by atoms with E-state index in [-0.39, 0.29) is 5.91 Å². The van der Waals surface area contributed by atoms with Crippen molar-refractivity contribution in [2.45, 2.75) is 57.9 Å².